The number of pyridine rings is 1. The lowest BCUT2D eigenvalue weighted by Gasteiger charge is -1.99. The van der Waals surface area contributed by atoms with Gasteiger partial charge in [0.15, 0.2) is 0 Å². The van der Waals surface area contributed by atoms with E-state index in [1.807, 2.05) is 6.92 Å². The monoisotopic (exact) mass is 140 g/mol. The first kappa shape index (κ1) is 7.15. The summed E-state index contributed by atoms with van der Waals surface area (Å²) in [5.41, 5.74) is 6.85. The zero-order valence-electron chi connectivity index (χ0n) is 5.76. The molecule has 2 nitrogen and oxygen atoms in total. The van der Waals surface area contributed by atoms with Crippen LogP contribution in [0.4, 0.5) is 4.39 Å². The fourth-order valence-electron chi connectivity index (χ4n) is 0.751. The van der Waals surface area contributed by atoms with Crippen LogP contribution in [0, 0.1) is 12.9 Å². The first-order valence-electron chi connectivity index (χ1n) is 3.06. The predicted octanol–water partition coefficient (Wildman–Crippen LogP) is 0.988. The minimum atomic E-state index is -0.467. The third kappa shape index (κ3) is 1.30. The van der Waals surface area contributed by atoms with E-state index in [1.165, 1.54) is 6.07 Å². The Labute approximate surface area is 58.9 Å². The first-order chi connectivity index (χ1) is 4.74. The minimum absolute atomic E-state index is 0.295. The SMILES string of the molecule is Cc1ccc(F)nc1CN. The molecule has 0 aliphatic heterocycles. The molecular weight excluding hydrogens is 131 g/mol. The summed E-state index contributed by atoms with van der Waals surface area (Å²) in [5.74, 6) is -0.467. The molecule has 1 aromatic rings. The van der Waals surface area contributed by atoms with Gasteiger partial charge in [0.1, 0.15) is 0 Å². The lowest BCUT2D eigenvalue weighted by molar-refractivity contribution is 0.575. The standard InChI is InChI=1S/C7H9FN2/c1-5-2-3-7(8)10-6(5)4-9/h2-3H,4,9H2,1H3. The van der Waals surface area contributed by atoms with Crippen LogP contribution in [0.5, 0.6) is 0 Å². The summed E-state index contributed by atoms with van der Waals surface area (Å²) in [5, 5.41) is 0. The minimum Gasteiger partial charge on any atom is -0.325 e. The van der Waals surface area contributed by atoms with Gasteiger partial charge in [-0.1, -0.05) is 6.07 Å². The van der Waals surface area contributed by atoms with Crippen molar-refractivity contribution >= 4 is 0 Å². The van der Waals surface area contributed by atoms with Crippen molar-refractivity contribution in [2.24, 2.45) is 5.73 Å². The second-order valence-corrected chi connectivity index (χ2v) is 2.10. The van der Waals surface area contributed by atoms with E-state index in [4.69, 9.17) is 5.73 Å². The van der Waals surface area contributed by atoms with Gasteiger partial charge in [-0.15, -0.1) is 0 Å². The number of nitrogens with two attached hydrogens (primary N) is 1. The van der Waals surface area contributed by atoms with Crippen LogP contribution in [0.15, 0.2) is 12.1 Å². The summed E-state index contributed by atoms with van der Waals surface area (Å²) in [6, 6.07) is 3.00. The molecule has 0 bridgehead atoms. The van der Waals surface area contributed by atoms with Crippen LogP contribution in [-0.4, -0.2) is 4.98 Å². The lowest BCUT2D eigenvalue weighted by Crippen LogP contribution is -2.03. The molecule has 0 radical (unpaired) electrons. The molecule has 10 heavy (non-hydrogen) atoms. The molecule has 2 N–H and O–H groups in total. The van der Waals surface area contributed by atoms with Gasteiger partial charge in [0, 0.05) is 6.54 Å². The number of halogens is 1. The van der Waals surface area contributed by atoms with E-state index < -0.39 is 5.95 Å². The Hall–Kier alpha value is -0.960. The van der Waals surface area contributed by atoms with Crippen molar-refractivity contribution in [1.82, 2.24) is 4.98 Å². The molecule has 0 spiro atoms. The maximum absolute atomic E-state index is 12.4. The van der Waals surface area contributed by atoms with Gasteiger partial charge >= 0.3 is 0 Å². The molecule has 0 atom stereocenters. The van der Waals surface area contributed by atoms with Crippen LogP contribution < -0.4 is 5.73 Å². The second-order valence-electron chi connectivity index (χ2n) is 2.10. The Morgan fingerprint density at radius 3 is 2.80 bits per heavy atom. The Morgan fingerprint density at radius 2 is 2.30 bits per heavy atom. The van der Waals surface area contributed by atoms with Crippen molar-refractivity contribution in [2.45, 2.75) is 13.5 Å². The zero-order chi connectivity index (χ0) is 7.56. The second kappa shape index (κ2) is 2.75. The Kier molecular flexibility index (Phi) is 1.97. The summed E-state index contributed by atoms with van der Waals surface area (Å²) < 4.78 is 12.4. The lowest BCUT2D eigenvalue weighted by atomic mass is 10.2. The summed E-state index contributed by atoms with van der Waals surface area (Å²) in [6.45, 7) is 2.15. The molecule has 3 heteroatoms. The molecule has 0 fully saturated rings. The van der Waals surface area contributed by atoms with Crippen molar-refractivity contribution in [1.29, 1.82) is 0 Å². The van der Waals surface area contributed by atoms with Crippen LogP contribution >= 0.6 is 0 Å². The van der Waals surface area contributed by atoms with Crippen molar-refractivity contribution in [3.63, 3.8) is 0 Å². The molecule has 0 aliphatic rings. The predicted molar refractivity (Wildman–Crippen MR) is 36.8 cm³/mol. The number of hydrogen-bond donors (Lipinski definition) is 1. The highest BCUT2D eigenvalue weighted by Gasteiger charge is 1.97. The van der Waals surface area contributed by atoms with Crippen LogP contribution in [0.1, 0.15) is 11.3 Å². The molecule has 0 saturated carbocycles. The molecule has 54 valence electrons. The van der Waals surface area contributed by atoms with Gasteiger partial charge in [0.05, 0.1) is 5.69 Å². The molecular formula is C7H9FN2. The van der Waals surface area contributed by atoms with Gasteiger partial charge in [-0.3, -0.25) is 0 Å². The Bertz CT molecular complexity index is 235. The number of aromatic nitrogens is 1. The van der Waals surface area contributed by atoms with Gasteiger partial charge in [-0.05, 0) is 18.6 Å². The molecule has 0 unspecified atom stereocenters. The fourth-order valence-corrected chi connectivity index (χ4v) is 0.751. The van der Waals surface area contributed by atoms with Crippen LogP contribution in [0.3, 0.4) is 0 Å². The largest absolute Gasteiger partial charge is 0.325 e. The maximum atomic E-state index is 12.4. The molecule has 1 rings (SSSR count). The summed E-state index contributed by atoms with van der Waals surface area (Å²) in [4.78, 5) is 3.60. The Balaban J connectivity index is 3.09. The van der Waals surface area contributed by atoms with E-state index in [2.05, 4.69) is 4.98 Å². The topological polar surface area (TPSA) is 38.9 Å². The summed E-state index contributed by atoms with van der Waals surface area (Å²) in [6.07, 6.45) is 0. The van der Waals surface area contributed by atoms with Crippen molar-refractivity contribution in [2.75, 3.05) is 0 Å². The van der Waals surface area contributed by atoms with Gasteiger partial charge in [-0.2, -0.15) is 4.39 Å². The highest BCUT2D eigenvalue weighted by molar-refractivity contribution is 5.17. The Morgan fingerprint density at radius 1 is 1.60 bits per heavy atom. The highest BCUT2D eigenvalue weighted by Crippen LogP contribution is 2.03. The quantitative estimate of drug-likeness (QED) is 0.591. The van der Waals surface area contributed by atoms with E-state index in [0.717, 1.165) is 5.56 Å². The normalized spacial score (nSPS) is 9.90. The molecule has 0 amide bonds. The zero-order valence-corrected chi connectivity index (χ0v) is 5.76. The summed E-state index contributed by atoms with van der Waals surface area (Å²) >= 11 is 0. The van der Waals surface area contributed by atoms with E-state index in [1.54, 1.807) is 6.07 Å². The molecule has 1 aromatic heterocycles. The van der Waals surface area contributed by atoms with Gasteiger partial charge in [-0.25, -0.2) is 4.98 Å². The fraction of sp³-hybridized carbons (Fsp3) is 0.286. The smallest absolute Gasteiger partial charge is 0.213 e. The third-order valence-electron chi connectivity index (χ3n) is 1.36. The van der Waals surface area contributed by atoms with Gasteiger partial charge < -0.3 is 5.73 Å². The average Bonchev–Trinajstić information content (AvgIpc) is 1.94. The number of nitrogens with zero attached hydrogens (tertiary/aromatic N) is 1. The summed E-state index contributed by atoms with van der Waals surface area (Å²) in [7, 11) is 0. The first-order valence-corrected chi connectivity index (χ1v) is 3.06. The van der Waals surface area contributed by atoms with Crippen LogP contribution in [0.25, 0.3) is 0 Å². The molecule has 0 aromatic carbocycles. The van der Waals surface area contributed by atoms with Crippen LogP contribution in [-0.2, 0) is 6.54 Å². The maximum Gasteiger partial charge on any atom is 0.213 e. The van der Waals surface area contributed by atoms with Gasteiger partial charge in [0.2, 0.25) is 5.95 Å². The van der Waals surface area contributed by atoms with E-state index in [0.29, 0.717) is 12.2 Å². The van der Waals surface area contributed by atoms with Gasteiger partial charge in [0.25, 0.3) is 0 Å². The average molecular weight is 140 g/mol. The van der Waals surface area contributed by atoms with Crippen LogP contribution in [0.2, 0.25) is 0 Å². The molecule has 0 aliphatic carbocycles. The van der Waals surface area contributed by atoms with Crippen molar-refractivity contribution in [3.8, 4) is 0 Å². The van der Waals surface area contributed by atoms with Crippen molar-refractivity contribution < 1.29 is 4.39 Å². The number of hydrogen-bond acceptors (Lipinski definition) is 2. The number of rotatable bonds is 1. The third-order valence-corrected chi connectivity index (χ3v) is 1.36. The molecule has 1 heterocycles. The van der Waals surface area contributed by atoms with Crippen molar-refractivity contribution in [3.05, 3.63) is 29.3 Å². The molecule has 0 saturated heterocycles. The van der Waals surface area contributed by atoms with E-state index >= 15 is 0 Å². The highest BCUT2D eigenvalue weighted by atomic mass is 19.1. The van der Waals surface area contributed by atoms with E-state index in [9.17, 15) is 4.39 Å². The van der Waals surface area contributed by atoms with E-state index in [-0.39, 0.29) is 0 Å². The number of aryl methyl sites for hydroxylation is 1.